The number of benzene rings is 1. The lowest BCUT2D eigenvalue weighted by molar-refractivity contribution is -0.123. The van der Waals surface area contributed by atoms with E-state index in [0.29, 0.717) is 17.4 Å². The lowest BCUT2D eigenvalue weighted by Gasteiger charge is -2.13. The second-order valence-electron chi connectivity index (χ2n) is 5.94. The van der Waals surface area contributed by atoms with Gasteiger partial charge in [-0.05, 0) is 49.9 Å². The van der Waals surface area contributed by atoms with Gasteiger partial charge in [-0.15, -0.1) is 0 Å². The molecule has 0 spiro atoms. The Kier molecular flexibility index (Phi) is 4.84. The van der Waals surface area contributed by atoms with Gasteiger partial charge in [-0.25, -0.2) is 0 Å². The number of hydrogen-bond acceptors (Lipinski definition) is 4. The van der Waals surface area contributed by atoms with E-state index in [0.717, 1.165) is 0 Å². The Morgan fingerprint density at radius 1 is 1.29 bits per heavy atom. The Balaban J connectivity index is 1.51. The third-order valence-corrected chi connectivity index (χ3v) is 3.92. The number of rotatable bonds is 7. The zero-order chi connectivity index (χ0) is 16.9. The molecule has 2 aromatic rings. The number of ether oxygens (including phenoxy) is 1. The number of amides is 2. The Labute approximate surface area is 140 Å². The highest BCUT2D eigenvalue weighted by Gasteiger charge is 2.28. The smallest absolute Gasteiger partial charge is 0.291 e. The zero-order valence-corrected chi connectivity index (χ0v) is 13.5. The van der Waals surface area contributed by atoms with Gasteiger partial charge in [0.15, 0.2) is 12.4 Å². The van der Waals surface area contributed by atoms with Crippen LogP contribution in [0.25, 0.3) is 0 Å². The topological polar surface area (TPSA) is 80.6 Å². The van der Waals surface area contributed by atoms with E-state index < -0.39 is 0 Å². The minimum atomic E-state index is -0.340. The summed E-state index contributed by atoms with van der Waals surface area (Å²) in [6.45, 7) is 1.97. The van der Waals surface area contributed by atoms with E-state index in [1.54, 1.807) is 36.4 Å². The van der Waals surface area contributed by atoms with Gasteiger partial charge in [0, 0.05) is 17.8 Å². The highest BCUT2D eigenvalue weighted by Crippen LogP contribution is 2.32. The van der Waals surface area contributed by atoms with E-state index in [2.05, 4.69) is 10.6 Å². The molecule has 24 heavy (non-hydrogen) atoms. The van der Waals surface area contributed by atoms with Gasteiger partial charge in [-0.3, -0.25) is 9.59 Å². The van der Waals surface area contributed by atoms with Crippen molar-refractivity contribution < 1.29 is 18.7 Å². The van der Waals surface area contributed by atoms with E-state index in [9.17, 15) is 9.59 Å². The summed E-state index contributed by atoms with van der Waals surface area (Å²) in [5.74, 6) is 0.873. The third kappa shape index (κ3) is 4.38. The highest BCUT2D eigenvalue weighted by atomic mass is 16.5. The van der Waals surface area contributed by atoms with E-state index in [-0.39, 0.29) is 30.2 Å². The molecule has 0 saturated heterocycles. The maximum atomic E-state index is 11.9. The number of carbonyl (C=O) groups is 2. The van der Waals surface area contributed by atoms with Gasteiger partial charge >= 0.3 is 0 Å². The molecule has 3 rings (SSSR count). The second kappa shape index (κ2) is 7.21. The van der Waals surface area contributed by atoms with Gasteiger partial charge in [0.1, 0.15) is 5.75 Å². The van der Waals surface area contributed by atoms with Crippen LogP contribution in [0.4, 0.5) is 5.69 Å². The maximum Gasteiger partial charge on any atom is 0.291 e. The molecule has 1 aliphatic carbocycles. The maximum absolute atomic E-state index is 11.9. The van der Waals surface area contributed by atoms with Crippen molar-refractivity contribution in [2.24, 2.45) is 5.92 Å². The van der Waals surface area contributed by atoms with Crippen molar-refractivity contribution in [1.82, 2.24) is 5.32 Å². The first-order valence-corrected chi connectivity index (χ1v) is 7.99. The Morgan fingerprint density at radius 3 is 2.83 bits per heavy atom. The van der Waals surface area contributed by atoms with Crippen molar-refractivity contribution in [2.75, 3.05) is 11.9 Å². The molecule has 0 aliphatic heterocycles. The molecule has 6 nitrogen and oxygen atoms in total. The van der Waals surface area contributed by atoms with Crippen LogP contribution in [0.15, 0.2) is 47.1 Å². The molecule has 0 bridgehead atoms. The molecule has 1 aromatic carbocycles. The van der Waals surface area contributed by atoms with Crippen LogP contribution in [0.3, 0.4) is 0 Å². The van der Waals surface area contributed by atoms with Gasteiger partial charge in [-0.1, -0.05) is 6.07 Å². The summed E-state index contributed by atoms with van der Waals surface area (Å²) in [6.07, 6.45) is 3.80. The van der Waals surface area contributed by atoms with Crippen molar-refractivity contribution in [3.63, 3.8) is 0 Å². The van der Waals surface area contributed by atoms with Gasteiger partial charge in [0.25, 0.3) is 11.8 Å². The van der Waals surface area contributed by atoms with Crippen LogP contribution < -0.4 is 15.4 Å². The fraction of sp³-hybridized carbons (Fsp3) is 0.333. The first-order chi connectivity index (χ1) is 11.6. The molecule has 1 heterocycles. The van der Waals surface area contributed by atoms with Crippen LogP contribution >= 0.6 is 0 Å². The summed E-state index contributed by atoms with van der Waals surface area (Å²) in [4.78, 5) is 23.8. The van der Waals surface area contributed by atoms with Crippen molar-refractivity contribution in [1.29, 1.82) is 0 Å². The molecule has 2 N–H and O–H groups in total. The normalized spacial score (nSPS) is 14.7. The number of furan rings is 1. The zero-order valence-electron chi connectivity index (χ0n) is 13.5. The standard InChI is InChI=1S/C18H20N2O4/c1-12(13-7-8-13)19-17(21)11-24-15-5-2-4-14(10-15)20-18(22)16-6-3-9-23-16/h2-6,9-10,12-13H,7-8,11H2,1H3,(H,19,21)(H,20,22)/t12-/m1/s1. The van der Waals surface area contributed by atoms with Crippen molar-refractivity contribution in [2.45, 2.75) is 25.8 Å². The fourth-order valence-electron chi connectivity index (χ4n) is 2.42. The largest absolute Gasteiger partial charge is 0.484 e. The molecular weight excluding hydrogens is 308 g/mol. The average Bonchev–Trinajstić information content (AvgIpc) is 3.28. The van der Waals surface area contributed by atoms with E-state index >= 15 is 0 Å². The van der Waals surface area contributed by atoms with E-state index in [1.165, 1.54) is 19.1 Å². The molecule has 1 saturated carbocycles. The Hall–Kier alpha value is -2.76. The van der Waals surface area contributed by atoms with Crippen LogP contribution in [0.2, 0.25) is 0 Å². The number of carbonyl (C=O) groups excluding carboxylic acids is 2. The molecule has 1 aromatic heterocycles. The molecule has 1 fully saturated rings. The summed E-state index contributed by atoms with van der Waals surface area (Å²) in [5.41, 5.74) is 0.570. The molecule has 2 amide bonds. The molecule has 0 unspecified atom stereocenters. The minimum Gasteiger partial charge on any atom is -0.484 e. The van der Waals surface area contributed by atoms with E-state index in [4.69, 9.17) is 9.15 Å². The second-order valence-corrected chi connectivity index (χ2v) is 5.94. The van der Waals surface area contributed by atoms with Crippen molar-refractivity contribution in [3.05, 3.63) is 48.4 Å². The summed E-state index contributed by atoms with van der Waals surface area (Å²) in [6, 6.07) is 10.3. The van der Waals surface area contributed by atoms with Crippen molar-refractivity contribution in [3.8, 4) is 5.75 Å². The molecule has 1 atom stereocenters. The quantitative estimate of drug-likeness (QED) is 0.819. The lowest BCUT2D eigenvalue weighted by Crippen LogP contribution is -2.37. The predicted molar refractivity (Wildman–Crippen MR) is 88.9 cm³/mol. The third-order valence-electron chi connectivity index (χ3n) is 3.92. The van der Waals surface area contributed by atoms with Crippen molar-refractivity contribution >= 4 is 17.5 Å². The summed E-state index contributed by atoms with van der Waals surface area (Å²) in [7, 11) is 0. The highest BCUT2D eigenvalue weighted by molar-refractivity contribution is 6.02. The fourth-order valence-corrected chi connectivity index (χ4v) is 2.42. The van der Waals surface area contributed by atoms with E-state index in [1.807, 2.05) is 6.92 Å². The van der Waals surface area contributed by atoms with Crippen LogP contribution in [-0.2, 0) is 4.79 Å². The van der Waals surface area contributed by atoms with Crippen LogP contribution in [0, 0.1) is 5.92 Å². The van der Waals surface area contributed by atoms with Crippen LogP contribution in [0.5, 0.6) is 5.75 Å². The molecular formula is C18H20N2O4. The first-order valence-electron chi connectivity index (χ1n) is 7.99. The van der Waals surface area contributed by atoms with Gasteiger partial charge in [0.2, 0.25) is 0 Å². The van der Waals surface area contributed by atoms with Gasteiger partial charge in [0.05, 0.1) is 6.26 Å². The van der Waals surface area contributed by atoms with Crippen LogP contribution in [0.1, 0.15) is 30.3 Å². The molecule has 6 heteroatoms. The molecule has 1 aliphatic rings. The summed E-state index contributed by atoms with van der Waals surface area (Å²) >= 11 is 0. The first kappa shape index (κ1) is 16.1. The Bertz CT molecular complexity index is 708. The SMILES string of the molecule is C[C@@H](NC(=O)COc1cccc(NC(=O)c2ccco2)c1)C1CC1. The Morgan fingerprint density at radius 2 is 2.12 bits per heavy atom. The summed E-state index contributed by atoms with van der Waals surface area (Å²) < 4.78 is 10.5. The monoisotopic (exact) mass is 328 g/mol. The van der Waals surface area contributed by atoms with Crippen LogP contribution in [-0.4, -0.2) is 24.5 Å². The van der Waals surface area contributed by atoms with Gasteiger partial charge < -0.3 is 19.8 Å². The summed E-state index contributed by atoms with van der Waals surface area (Å²) in [5, 5.41) is 5.65. The number of hydrogen-bond donors (Lipinski definition) is 2. The van der Waals surface area contributed by atoms with Gasteiger partial charge in [-0.2, -0.15) is 0 Å². The predicted octanol–water partition coefficient (Wildman–Crippen LogP) is 2.83. The minimum absolute atomic E-state index is 0.0490. The number of nitrogens with one attached hydrogen (secondary N) is 2. The lowest BCUT2D eigenvalue weighted by atomic mass is 10.2. The molecule has 0 radical (unpaired) electrons. The average molecular weight is 328 g/mol. The number of anilines is 1. The molecule has 126 valence electrons.